The first kappa shape index (κ1) is 16.1. The number of amidine groups is 2. The SMILES string of the molecule is COc1ccc(C2=N[SH](c3ccc(C4CCCC4)cn3)C(N)=N2)nc1. The topological polar surface area (TPSA) is 85.8 Å². The second-order valence-electron chi connectivity index (χ2n) is 6.22. The van der Waals surface area contributed by atoms with Crippen molar-refractivity contribution in [1.29, 1.82) is 0 Å². The van der Waals surface area contributed by atoms with Crippen molar-refractivity contribution in [3.05, 3.63) is 47.9 Å². The van der Waals surface area contributed by atoms with E-state index in [0.717, 1.165) is 5.03 Å². The molecule has 1 fully saturated rings. The van der Waals surface area contributed by atoms with E-state index in [1.54, 1.807) is 13.3 Å². The maximum Gasteiger partial charge on any atom is 0.187 e. The van der Waals surface area contributed by atoms with Crippen LogP contribution in [0.4, 0.5) is 0 Å². The van der Waals surface area contributed by atoms with Gasteiger partial charge in [-0.2, -0.15) is 0 Å². The van der Waals surface area contributed by atoms with Crippen molar-refractivity contribution >= 4 is 22.1 Å². The first-order valence-electron chi connectivity index (χ1n) is 8.44. The lowest BCUT2D eigenvalue weighted by Gasteiger charge is -2.13. The number of nitrogens with zero attached hydrogens (tertiary/aromatic N) is 4. The van der Waals surface area contributed by atoms with Crippen LogP contribution in [0.25, 0.3) is 0 Å². The molecular formula is C18H21N5OS. The van der Waals surface area contributed by atoms with Gasteiger partial charge in [-0.3, -0.25) is 0 Å². The van der Waals surface area contributed by atoms with Crippen LogP contribution in [-0.2, 0) is 0 Å². The maximum absolute atomic E-state index is 6.13. The number of methoxy groups -OCH3 is 1. The van der Waals surface area contributed by atoms with E-state index in [0.29, 0.717) is 28.4 Å². The summed E-state index contributed by atoms with van der Waals surface area (Å²) >= 11 is -1.07. The molecule has 1 saturated carbocycles. The summed E-state index contributed by atoms with van der Waals surface area (Å²) in [5.41, 5.74) is 8.14. The van der Waals surface area contributed by atoms with Gasteiger partial charge < -0.3 is 10.5 Å². The Morgan fingerprint density at radius 2 is 1.92 bits per heavy atom. The number of aliphatic imine (C=N–C) groups is 1. The molecule has 130 valence electrons. The number of thiol groups is 1. The lowest BCUT2D eigenvalue weighted by atomic mass is 10.00. The Balaban J connectivity index is 1.55. The van der Waals surface area contributed by atoms with Crippen LogP contribution in [0.5, 0.6) is 5.75 Å². The van der Waals surface area contributed by atoms with Crippen molar-refractivity contribution in [2.24, 2.45) is 15.1 Å². The molecule has 0 saturated heterocycles. The summed E-state index contributed by atoms with van der Waals surface area (Å²) < 4.78 is 9.81. The van der Waals surface area contributed by atoms with E-state index < -0.39 is 11.1 Å². The largest absolute Gasteiger partial charge is 0.495 e. The first-order valence-corrected chi connectivity index (χ1v) is 9.73. The normalized spacial score (nSPS) is 21.9. The molecule has 0 aromatic carbocycles. The van der Waals surface area contributed by atoms with E-state index in [-0.39, 0.29) is 0 Å². The minimum atomic E-state index is -1.07. The lowest BCUT2D eigenvalue weighted by molar-refractivity contribution is 0.413. The molecule has 1 unspecified atom stereocenters. The highest BCUT2D eigenvalue weighted by Crippen LogP contribution is 2.41. The van der Waals surface area contributed by atoms with Crippen LogP contribution in [-0.4, -0.2) is 28.1 Å². The van der Waals surface area contributed by atoms with Gasteiger partial charge >= 0.3 is 0 Å². The fourth-order valence-electron chi connectivity index (χ4n) is 3.26. The molecule has 0 radical (unpaired) electrons. The molecular weight excluding hydrogens is 334 g/mol. The predicted molar refractivity (Wildman–Crippen MR) is 102 cm³/mol. The summed E-state index contributed by atoms with van der Waals surface area (Å²) in [6.45, 7) is 0. The van der Waals surface area contributed by atoms with Gasteiger partial charge in [0.15, 0.2) is 11.0 Å². The molecule has 0 spiro atoms. The van der Waals surface area contributed by atoms with E-state index in [9.17, 15) is 0 Å². The molecule has 7 heteroatoms. The molecule has 6 nitrogen and oxygen atoms in total. The summed E-state index contributed by atoms with van der Waals surface area (Å²) in [4.78, 5) is 13.4. The zero-order valence-electron chi connectivity index (χ0n) is 14.1. The number of aromatic nitrogens is 2. The van der Waals surface area contributed by atoms with Crippen molar-refractivity contribution in [1.82, 2.24) is 9.97 Å². The molecule has 2 aliphatic rings. The summed E-state index contributed by atoms with van der Waals surface area (Å²) in [5, 5.41) is 1.41. The molecule has 25 heavy (non-hydrogen) atoms. The monoisotopic (exact) mass is 355 g/mol. The lowest BCUT2D eigenvalue weighted by Crippen LogP contribution is -2.09. The zero-order chi connectivity index (χ0) is 17.2. The summed E-state index contributed by atoms with van der Waals surface area (Å²) in [7, 11) is 1.61. The molecule has 1 atom stereocenters. The third-order valence-corrected chi connectivity index (χ3v) is 6.27. The Kier molecular flexibility index (Phi) is 4.40. The molecule has 3 heterocycles. The molecule has 4 rings (SSSR count). The van der Waals surface area contributed by atoms with Crippen LogP contribution in [0.2, 0.25) is 0 Å². The number of rotatable bonds is 4. The van der Waals surface area contributed by atoms with E-state index in [4.69, 9.17) is 10.5 Å². The Morgan fingerprint density at radius 1 is 1.08 bits per heavy atom. The fraction of sp³-hybridized carbons (Fsp3) is 0.333. The Morgan fingerprint density at radius 3 is 2.56 bits per heavy atom. The average molecular weight is 355 g/mol. The van der Waals surface area contributed by atoms with Gasteiger partial charge in [0.2, 0.25) is 0 Å². The highest BCUT2D eigenvalue weighted by molar-refractivity contribution is 8.29. The van der Waals surface area contributed by atoms with E-state index in [1.807, 2.05) is 18.3 Å². The minimum absolute atomic E-state index is 0.517. The van der Waals surface area contributed by atoms with Crippen LogP contribution in [0.1, 0.15) is 42.9 Å². The molecule has 2 aromatic heterocycles. The molecule has 1 aliphatic carbocycles. The van der Waals surface area contributed by atoms with E-state index >= 15 is 0 Å². The van der Waals surface area contributed by atoms with Crippen molar-refractivity contribution in [3.63, 3.8) is 0 Å². The quantitative estimate of drug-likeness (QED) is 0.825. The van der Waals surface area contributed by atoms with Crippen LogP contribution < -0.4 is 10.5 Å². The number of hydrogen-bond acceptors (Lipinski definition) is 6. The number of hydrogen-bond donors (Lipinski definition) is 2. The van der Waals surface area contributed by atoms with Crippen LogP contribution in [0, 0.1) is 0 Å². The number of ether oxygens (including phenoxy) is 1. The van der Waals surface area contributed by atoms with Gasteiger partial charge in [-0.05, 0) is 42.5 Å². The fourth-order valence-corrected chi connectivity index (χ4v) is 4.61. The smallest absolute Gasteiger partial charge is 0.187 e. The van der Waals surface area contributed by atoms with Gasteiger partial charge in [-0.25, -0.2) is 19.4 Å². The van der Waals surface area contributed by atoms with Crippen molar-refractivity contribution in [3.8, 4) is 5.75 Å². The Bertz CT molecular complexity index is 810. The summed E-state index contributed by atoms with van der Waals surface area (Å²) in [6.07, 6.45) is 8.82. The number of nitrogens with two attached hydrogens (primary N) is 1. The van der Waals surface area contributed by atoms with Crippen LogP contribution >= 0.6 is 11.1 Å². The maximum atomic E-state index is 6.13. The summed E-state index contributed by atoms with van der Waals surface area (Å²) in [5.74, 6) is 1.92. The van der Waals surface area contributed by atoms with Gasteiger partial charge in [0.1, 0.15) is 16.5 Å². The molecule has 2 aromatic rings. The first-order chi connectivity index (χ1) is 12.2. The van der Waals surface area contributed by atoms with Crippen molar-refractivity contribution < 1.29 is 4.74 Å². The number of pyridine rings is 2. The standard InChI is InChI=1S/C18H21N5OS/c1-24-14-7-8-15(20-11-14)17-22-18(19)25(23-17)16-9-6-13(10-21-16)12-4-2-3-5-12/h6-12,25H,2-5H2,1H3,(H2,19,22,23). The highest BCUT2D eigenvalue weighted by Gasteiger charge is 2.23. The molecule has 0 amide bonds. The van der Waals surface area contributed by atoms with E-state index in [2.05, 4.69) is 31.5 Å². The third-order valence-electron chi connectivity index (χ3n) is 4.65. The van der Waals surface area contributed by atoms with Crippen molar-refractivity contribution in [2.45, 2.75) is 36.6 Å². The highest BCUT2D eigenvalue weighted by atomic mass is 32.2. The van der Waals surface area contributed by atoms with Gasteiger partial charge in [-0.1, -0.05) is 30.0 Å². The average Bonchev–Trinajstić information content (AvgIpc) is 3.32. The predicted octanol–water partition coefficient (Wildman–Crippen LogP) is 3.19. The third kappa shape index (κ3) is 3.24. The summed E-state index contributed by atoms with van der Waals surface area (Å²) in [6, 6.07) is 7.90. The zero-order valence-corrected chi connectivity index (χ0v) is 15.0. The molecule has 0 bridgehead atoms. The van der Waals surface area contributed by atoms with Gasteiger partial charge in [0.05, 0.1) is 13.3 Å². The van der Waals surface area contributed by atoms with Gasteiger partial charge in [0, 0.05) is 6.20 Å². The second kappa shape index (κ2) is 6.84. The molecule has 2 N–H and O–H groups in total. The van der Waals surface area contributed by atoms with Crippen LogP contribution in [0.3, 0.4) is 0 Å². The minimum Gasteiger partial charge on any atom is -0.495 e. The second-order valence-corrected chi connectivity index (χ2v) is 7.96. The van der Waals surface area contributed by atoms with Crippen LogP contribution in [0.15, 0.2) is 51.1 Å². The van der Waals surface area contributed by atoms with Gasteiger partial charge in [0.25, 0.3) is 0 Å². The van der Waals surface area contributed by atoms with Crippen molar-refractivity contribution in [2.75, 3.05) is 7.11 Å². The Hall–Kier alpha value is -2.41. The molecule has 1 aliphatic heterocycles. The Labute approximate surface area is 149 Å². The van der Waals surface area contributed by atoms with E-state index in [1.165, 1.54) is 31.2 Å². The van der Waals surface area contributed by atoms with Gasteiger partial charge in [-0.15, -0.1) is 0 Å².